The van der Waals surface area contributed by atoms with Crippen LogP contribution in [-0.4, -0.2) is 26.8 Å². The maximum atomic E-state index is 12.0. The van der Waals surface area contributed by atoms with E-state index in [0.717, 1.165) is 12.0 Å². The van der Waals surface area contributed by atoms with Crippen molar-refractivity contribution in [3.8, 4) is 0 Å². The summed E-state index contributed by atoms with van der Waals surface area (Å²) < 4.78 is 26.7. The maximum absolute atomic E-state index is 12.0. The molecular formula is C15H26N2O2S. The summed E-state index contributed by atoms with van der Waals surface area (Å²) in [4.78, 5) is 0. The highest BCUT2D eigenvalue weighted by Crippen LogP contribution is 2.16. The summed E-state index contributed by atoms with van der Waals surface area (Å²) in [7, 11) is -3.29. The molecule has 0 spiro atoms. The van der Waals surface area contributed by atoms with Gasteiger partial charge in [0.25, 0.3) is 0 Å². The molecule has 0 aliphatic heterocycles. The molecule has 0 saturated carbocycles. The third kappa shape index (κ3) is 6.50. The number of nitrogens with two attached hydrogens (primary N) is 1. The molecule has 2 unspecified atom stereocenters. The number of benzene rings is 1. The summed E-state index contributed by atoms with van der Waals surface area (Å²) in [6, 6.07) is 9.54. The van der Waals surface area contributed by atoms with E-state index in [0.29, 0.717) is 12.5 Å². The largest absolute Gasteiger partial charge is 0.327 e. The molecule has 0 amide bonds. The van der Waals surface area contributed by atoms with Crippen molar-refractivity contribution < 1.29 is 8.42 Å². The van der Waals surface area contributed by atoms with E-state index in [1.165, 1.54) is 0 Å². The van der Waals surface area contributed by atoms with E-state index >= 15 is 0 Å². The average molecular weight is 298 g/mol. The first-order valence-electron chi connectivity index (χ1n) is 7.08. The van der Waals surface area contributed by atoms with E-state index < -0.39 is 10.0 Å². The third-order valence-corrected chi connectivity index (χ3v) is 4.72. The first-order valence-corrected chi connectivity index (χ1v) is 8.73. The van der Waals surface area contributed by atoms with Crippen LogP contribution in [0.1, 0.15) is 38.7 Å². The monoisotopic (exact) mass is 298 g/mol. The van der Waals surface area contributed by atoms with Crippen molar-refractivity contribution in [3.05, 3.63) is 35.9 Å². The van der Waals surface area contributed by atoms with Gasteiger partial charge in [-0.25, -0.2) is 13.1 Å². The van der Waals surface area contributed by atoms with Gasteiger partial charge in [-0.1, -0.05) is 51.1 Å². The lowest BCUT2D eigenvalue weighted by atomic mass is 10.0. The molecule has 114 valence electrons. The van der Waals surface area contributed by atoms with Crippen LogP contribution in [0.15, 0.2) is 30.3 Å². The molecule has 0 aliphatic rings. The smallest absolute Gasteiger partial charge is 0.212 e. The summed E-state index contributed by atoms with van der Waals surface area (Å²) in [5, 5.41) is 0. The fourth-order valence-corrected chi connectivity index (χ4v) is 3.63. The van der Waals surface area contributed by atoms with Gasteiger partial charge in [0, 0.05) is 12.6 Å². The van der Waals surface area contributed by atoms with Crippen molar-refractivity contribution in [3.63, 3.8) is 0 Å². The molecule has 0 aliphatic carbocycles. The Kier molecular flexibility index (Phi) is 6.65. The van der Waals surface area contributed by atoms with Gasteiger partial charge in [-0.2, -0.15) is 0 Å². The second kappa shape index (κ2) is 7.76. The predicted octanol–water partition coefficient (Wildman–Crippen LogP) is 2.08. The Morgan fingerprint density at radius 1 is 1.15 bits per heavy atom. The Bertz CT molecular complexity index is 486. The maximum Gasteiger partial charge on any atom is 0.212 e. The molecule has 3 N–H and O–H groups in total. The van der Waals surface area contributed by atoms with E-state index in [4.69, 9.17) is 5.73 Å². The molecule has 1 aromatic carbocycles. The highest BCUT2D eigenvalue weighted by molar-refractivity contribution is 7.89. The highest BCUT2D eigenvalue weighted by Gasteiger charge is 2.18. The zero-order valence-electron chi connectivity index (χ0n) is 12.5. The second-order valence-corrected chi connectivity index (χ2v) is 7.68. The quantitative estimate of drug-likeness (QED) is 0.772. The van der Waals surface area contributed by atoms with Crippen LogP contribution in [0.5, 0.6) is 0 Å². The van der Waals surface area contributed by atoms with Crippen molar-refractivity contribution >= 4 is 10.0 Å². The number of hydrogen-bond donors (Lipinski definition) is 2. The Balaban J connectivity index is 2.49. The van der Waals surface area contributed by atoms with Gasteiger partial charge in [-0.3, -0.25) is 0 Å². The molecule has 2 atom stereocenters. The number of nitrogens with one attached hydrogen (secondary N) is 1. The SMILES string of the molecule is CC(C)CC(N)CNS(=O)(=O)CC(C)c1ccccc1. The molecule has 20 heavy (non-hydrogen) atoms. The van der Waals surface area contributed by atoms with Gasteiger partial charge in [0.15, 0.2) is 0 Å². The van der Waals surface area contributed by atoms with Crippen LogP contribution >= 0.6 is 0 Å². The van der Waals surface area contributed by atoms with E-state index in [1.807, 2.05) is 37.3 Å². The van der Waals surface area contributed by atoms with Gasteiger partial charge >= 0.3 is 0 Å². The Labute approximate surface area is 122 Å². The summed E-state index contributed by atoms with van der Waals surface area (Å²) in [5.41, 5.74) is 6.93. The van der Waals surface area contributed by atoms with Gasteiger partial charge in [0.1, 0.15) is 0 Å². The number of rotatable bonds is 8. The van der Waals surface area contributed by atoms with Crippen LogP contribution in [0.3, 0.4) is 0 Å². The minimum absolute atomic E-state index is 0.0324. The number of sulfonamides is 1. The molecule has 1 rings (SSSR count). The Morgan fingerprint density at radius 3 is 2.30 bits per heavy atom. The van der Waals surface area contributed by atoms with Crippen LogP contribution in [0.25, 0.3) is 0 Å². The fourth-order valence-electron chi connectivity index (χ4n) is 2.19. The minimum atomic E-state index is -3.29. The van der Waals surface area contributed by atoms with Crippen LogP contribution in [0.4, 0.5) is 0 Å². The van der Waals surface area contributed by atoms with Crippen LogP contribution in [0.2, 0.25) is 0 Å². The Hall–Kier alpha value is -0.910. The second-order valence-electron chi connectivity index (χ2n) is 5.83. The zero-order valence-corrected chi connectivity index (χ0v) is 13.4. The van der Waals surface area contributed by atoms with Crippen molar-refractivity contribution in [2.24, 2.45) is 11.7 Å². The van der Waals surface area contributed by atoms with Crippen molar-refractivity contribution in [2.75, 3.05) is 12.3 Å². The molecule has 1 aromatic rings. The van der Waals surface area contributed by atoms with Gasteiger partial charge < -0.3 is 5.73 Å². The van der Waals surface area contributed by atoms with Gasteiger partial charge in [0.2, 0.25) is 10.0 Å². The van der Waals surface area contributed by atoms with Crippen LogP contribution in [-0.2, 0) is 10.0 Å². The van der Waals surface area contributed by atoms with Crippen molar-refractivity contribution in [1.29, 1.82) is 0 Å². The fraction of sp³-hybridized carbons (Fsp3) is 0.600. The third-order valence-electron chi connectivity index (χ3n) is 3.18. The molecule has 0 radical (unpaired) electrons. The van der Waals surface area contributed by atoms with Gasteiger partial charge in [0.05, 0.1) is 5.75 Å². The lowest BCUT2D eigenvalue weighted by Gasteiger charge is -2.17. The first-order chi connectivity index (χ1) is 9.30. The molecule has 0 aromatic heterocycles. The summed E-state index contributed by atoms with van der Waals surface area (Å²) in [5.74, 6) is 0.526. The van der Waals surface area contributed by atoms with E-state index in [2.05, 4.69) is 18.6 Å². The summed E-state index contributed by atoms with van der Waals surface area (Å²) in [6.45, 7) is 6.38. The zero-order chi connectivity index (χ0) is 15.2. The Morgan fingerprint density at radius 2 is 1.75 bits per heavy atom. The normalized spacial score (nSPS) is 15.2. The average Bonchev–Trinajstić information content (AvgIpc) is 2.36. The van der Waals surface area contributed by atoms with Crippen LogP contribution < -0.4 is 10.5 Å². The minimum Gasteiger partial charge on any atom is -0.327 e. The molecule has 0 heterocycles. The molecule has 0 bridgehead atoms. The molecule has 0 saturated heterocycles. The van der Waals surface area contributed by atoms with E-state index in [9.17, 15) is 8.42 Å². The van der Waals surface area contributed by atoms with Gasteiger partial charge in [-0.15, -0.1) is 0 Å². The first kappa shape index (κ1) is 17.1. The van der Waals surface area contributed by atoms with E-state index in [-0.39, 0.29) is 17.7 Å². The molecule has 5 heteroatoms. The van der Waals surface area contributed by atoms with Crippen molar-refractivity contribution in [2.45, 2.75) is 39.2 Å². The highest BCUT2D eigenvalue weighted by atomic mass is 32.2. The summed E-state index contributed by atoms with van der Waals surface area (Å²) >= 11 is 0. The van der Waals surface area contributed by atoms with E-state index in [1.54, 1.807) is 0 Å². The molecule has 4 nitrogen and oxygen atoms in total. The predicted molar refractivity (Wildman–Crippen MR) is 84.1 cm³/mol. The topological polar surface area (TPSA) is 72.2 Å². The molecule has 0 fully saturated rings. The summed E-state index contributed by atoms with van der Waals surface area (Å²) in [6.07, 6.45) is 0.816. The lowest BCUT2D eigenvalue weighted by molar-refractivity contribution is 0.485. The van der Waals surface area contributed by atoms with Gasteiger partial charge in [-0.05, 0) is 23.8 Å². The standard InChI is InChI=1S/C15H26N2O2S/c1-12(2)9-15(16)10-17-20(18,19)11-13(3)14-7-5-4-6-8-14/h4-8,12-13,15,17H,9-11,16H2,1-3H3. The number of hydrogen-bond acceptors (Lipinski definition) is 3. The van der Waals surface area contributed by atoms with Crippen molar-refractivity contribution in [1.82, 2.24) is 4.72 Å². The van der Waals surface area contributed by atoms with Crippen LogP contribution in [0, 0.1) is 5.92 Å². The lowest BCUT2D eigenvalue weighted by Crippen LogP contribution is -2.39. The molecular weight excluding hydrogens is 272 g/mol.